The average Bonchev–Trinajstić information content (AvgIpc) is 2.90. The molecule has 0 aliphatic heterocycles. The molecule has 0 amide bonds. The number of H-pyrrole nitrogens is 1. The van der Waals surface area contributed by atoms with E-state index in [1.165, 1.54) is 0 Å². The van der Waals surface area contributed by atoms with Gasteiger partial charge in [0.15, 0.2) is 10.6 Å². The van der Waals surface area contributed by atoms with Crippen LogP contribution in [-0.4, -0.2) is 24.7 Å². The Morgan fingerprint density at radius 3 is 2.67 bits per heavy atom. The smallest absolute Gasteiger partial charge is 0.196 e. The summed E-state index contributed by atoms with van der Waals surface area (Å²) in [7, 11) is 0. The van der Waals surface area contributed by atoms with Crippen molar-refractivity contribution in [3.05, 3.63) is 58.2 Å². The fraction of sp³-hybridized carbons (Fsp3) is 0.143. The van der Waals surface area contributed by atoms with Crippen molar-refractivity contribution in [2.24, 2.45) is 0 Å². The van der Waals surface area contributed by atoms with E-state index in [2.05, 4.69) is 27.1 Å². The zero-order valence-electron chi connectivity index (χ0n) is 11.2. The first-order valence-electron chi connectivity index (χ1n) is 6.35. The highest BCUT2D eigenvalue weighted by molar-refractivity contribution is 7.71. The van der Waals surface area contributed by atoms with Gasteiger partial charge in [0, 0.05) is 17.4 Å². The molecule has 21 heavy (non-hydrogen) atoms. The molecule has 3 aromatic rings. The van der Waals surface area contributed by atoms with Crippen LogP contribution in [0, 0.1) is 4.77 Å². The molecule has 2 heterocycles. The van der Waals surface area contributed by atoms with Gasteiger partial charge in [-0.15, -0.1) is 0 Å². The summed E-state index contributed by atoms with van der Waals surface area (Å²) >= 11 is 11.3. The van der Waals surface area contributed by atoms with E-state index in [1.807, 2.05) is 28.8 Å². The molecule has 7 heteroatoms. The summed E-state index contributed by atoms with van der Waals surface area (Å²) in [6.45, 7) is 2.05. The maximum absolute atomic E-state index is 5.94. The normalized spacial score (nSPS) is 12.3. The average molecular weight is 318 g/mol. The summed E-state index contributed by atoms with van der Waals surface area (Å²) in [6, 6.07) is 7.67. The molecular weight excluding hydrogens is 306 g/mol. The number of halogens is 1. The molecule has 0 spiro atoms. The SMILES string of the molecule is C[C@H](c1ccc(Cl)cc1)n1c(-c2cnccn2)n[nH]c1=S. The Hall–Kier alpha value is -2.05. The third kappa shape index (κ3) is 2.72. The zero-order valence-corrected chi connectivity index (χ0v) is 12.8. The van der Waals surface area contributed by atoms with Crippen LogP contribution < -0.4 is 0 Å². The fourth-order valence-corrected chi connectivity index (χ4v) is 2.57. The van der Waals surface area contributed by atoms with Crippen molar-refractivity contribution in [1.82, 2.24) is 24.7 Å². The molecule has 0 unspecified atom stereocenters. The topological polar surface area (TPSA) is 59.4 Å². The van der Waals surface area contributed by atoms with Gasteiger partial charge in [-0.05, 0) is 36.8 Å². The minimum atomic E-state index is 0.00511. The van der Waals surface area contributed by atoms with Gasteiger partial charge in [-0.3, -0.25) is 14.6 Å². The second-order valence-corrected chi connectivity index (χ2v) is 5.36. The lowest BCUT2D eigenvalue weighted by Gasteiger charge is -2.15. The predicted molar refractivity (Wildman–Crippen MR) is 83.7 cm³/mol. The van der Waals surface area contributed by atoms with Crippen LogP contribution in [0.4, 0.5) is 0 Å². The fourth-order valence-electron chi connectivity index (χ4n) is 2.15. The van der Waals surface area contributed by atoms with Crippen LogP contribution in [0.1, 0.15) is 18.5 Å². The Kier molecular flexibility index (Phi) is 3.81. The number of benzene rings is 1. The van der Waals surface area contributed by atoms with E-state index in [-0.39, 0.29) is 6.04 Å². The highest BCUT2D eigenvalue weighted by Gasteiger charge is 2.17. The number of hydrogen-bond acceptors (Lipinski definition) is 4. The van der Waals surface area contributed by atoms with Crippen molar-refractivity contribution in [3.63, 3.8) is 0 Å². The van der Waals surface area contributed by atoms with Gasteiger partial charge in [0.1, 0.15) is 5.69 Å². The maximum Gasteiger partial charge on any atom is 0.196 e. The second-order valence-electron chi connectivity index (χ2n) is 4.54. The summed E-state index contributed by atoms with van der Waals surface area (Å²) in [5, 5.41) is 7.79. The van der Waals surface area contributed by atoms with Gasteiger partial charge < -0.3 is 0 Å². The molecule has 0 radical (unpaired) electrons. The molecular formula is C14H12ClN5S. The first-order chi connectivity index (χ1) is 10.2. The Bertz CT molecular complexity index is 794. The van der Waals surface area contributed by atoms with Crippen LogP contribution in [0.5, 0.6) is 0 Å². The first-order valence-corrected chi connectivity index (χ1v) is 7.14. The third-order valence-corrected chi connectivity index (χ3v) is 3.78. The largest absolute Gasteiger partial charge is 0.291 e. The molecule has 0 bridgehead atoms. The van der Waals surface area contributed by atoms with Crippen molar-refractivity contribution in [2.75, 3.05) is 0 Å². The minimum absolute atomic E-state index is 0.00511. The van der Waals surface area contributed by atoms with Crippen LogP contribution in [0.3, 0.4) is 0 Å². The van der Waals surface area contributed by atoms with Crippen molar-refractivity contribution < 1.29 is 0 Å². The quantitative estimate of drug-likeness (QED) is 0.749. The van der Waals surface area contributed by atoms with E-state index in [9.17, 15) is 0 Å². The number of hydrogen-bond donors (Lipinski definition) is 1. The lowest BCUT2D eigenvalue weighted by Crippen LogP contribution is -2.09. The van der Waals surface area contributed by atoms with E-state index in [0.29, 0.717) is 21.3 Å². The maximum atomic E-state index is 5.94. The Balaban J connectivity index is 2.08. The van der Waals surface area contributed by atoms with Gasteiger partial charge in [-0.1, -0.05) is 23.7 Å². The molecule has 1 atom stereocenters. The zero-order chi connectivity index (χ0) is 14.8. The van der Waals surface area contributed by atoms with Gasteiger partial charge in [-0.2, -0.15) is 5.10 Å². The molecule has 3 rings (SSSR count). The van der Waals surface area contributed by atoms with Gasteiger partial charge in [0.2, 0.25) is 0 Å². The number of nitrogens with one attached hydrogen (secondary N) is 1. The summed E-state index contributed by atoms with van der Waals surface area (Å²) in [4.78, 5) is 8.35. The minimum Gasteiger partial charge on any atom is -0.291 e. The summed E-state index contributed by atoms with van der Waals surface area (Å²) in [5.41, 5.74) is 1.76. The molecule has 1 N–H and O–H groups in total. The van der Waals surface area contributed by atoms with E-state index in [1.54, 1.807) is 18.6 Å². The molecule has 2 aromatic heterocycles. The van der Waals surface area contributed by atoms with E-state index < -0.39 is 0 Å². The second kappa shape index (κ2) is 5.75. The van der Waals surface area contributed by atoms with Gasteiger partial charge in [0.25, 0.3) is 0 Å². The van der Waals surface area contributed by atoms with Crippen LogP contribution in [0.2, 0.25) is 5.02 Å². The van der Waals surface area contributed by atoms with Crippen LogP contribution in [0.15, 0.2) is 42.9 Å². The Labute approximate surface area is 131 Å². The van der Waals surface area contributed by atoms with E-state index in [4.69, 9.17) is 23.8 Å². The molecule has 0 aliphatic rings. The number of aromatic amines is 1. The van der Waals surface area contributed by atoms with Crippen LogP contribution in [0.25, 0.3) is 11.5 Å². The number of nitrogens with zero attached hydrogens (tertiary/aromatic N) is 4. The van der Waals surface area contributed by atoms with Crippen molar-refractivity contribution in [3.8, 4) is 11.5 Å². The highest BCUT2D eigenvalue weighted by Crippen LogP contribution is 2.25. The first kappa shape index (κ1) is 13.9. The van der Waals surface area contributed by atoms with Crippen LogP contribution >= 0.6 is 23.8 Å². The Morgan fingerprint density at radius 1 is 1.24 bits per heavy atom. The number of aromatic nitrogens is 5. The summed E-state index contributed by atoms with van der Waals surface area (Å²) in [5.74, 6) is 0.663. The summed E-state index contributed by atoms with van der Waals surface area (Å²) in [6.07, 6.45) is 4.91. The molecule has 0 fully saturated rings. The summed E-state index contributed by atoms with van der Waals surface area (Å²) < 4.78 is 2.46. The molecule has 0 aliphatic carbocycles. The van der Waals surface area contributed by atoms with E-state index in [0.717, 1.165) is 5.56 Å². The lowest BCUT2D eigenvalue weighted by molar-refractivity contribution is 0.634. The Morgan fingerprint density at radius 2 is 2.00 bits per heavy atom. The van der Waals surface area contributed by atoms with Crippen LogP contribution in [-0.2, 0) is 0 Å². The number of rotatable bonds is 3. The highest BCUT2D eigenvalue weighted by atomic mass is 35.5. The molecule has 5 nitrogen and oxygen atoms in total. The predicted octanol–water partition coefficient (Wildman–Crippen LogP) is 3.66. The molecule has 106 valence electrons. The molecule has 1 aromatic carbocycles. The van der Waals surface area contributed by atoms with Crippen molar-refractivity contribution >= 4 is 23.8 Å². The third-order valence-electron chi connectivity index (χ3n) is 3.24. The van der Waals surface area contributed by atoms with Crippen molar-refractivity contribution in [1.29, 1.82) is 0 Å². The lowest BCUT2D eigenvalue weighted by atomic mass is 10.1. The molecule has 0 saturated heterocycles. The monoisotopic (exact) mass is 317 g/mol. The van der Waals surface area contributed by atoms with Crippen molar-refractivity contribution in [2.45, 2.75) is 13.0 Å². The van der Waals surface area contributed by atoms with E-state index >= 15 is 0 Å². The van der Waals surface area contributed by atoms with Gasteiger partial charge in [0.05, 0.1) is 12.2 Å². The van der Waals surface area contributed by atoms with Gasteiger partial charge >= 0.3 is 0 Å². The molecule has 0 saturated carbocycles. The van der Waals surface area contributed by atoms with Gasteiger partial charge in [-0.25, -0.2) is 4.98 Å². The standard InChI is InChI=1S/C14H12ClN5S/c1-9(10-2-4-11(15)5-3-10)20-13(18-19-14(20)21)12-8-16-6-7-17-12/h2-9H,1H3,(H,19,21)/t9-/m1/s1.